The molecule has 18 heavy (non-hydrogen) atoms. The summed E-state index contributed by atoms with van der Waals surface area (Å²) < 4.78 is 16.2. The van der Waals surface area contributed by atoms with Crippen molar-refractivity contribution in [3.63, 3.8) is 0 Å². The summed E-state index contributed by atoms with van der Waals surface area (Å²) in [6, 6.07) is 5.63. The third-order valence-corrected chi connectivity index (χ3v) is 2.83. The molecule has 1 aromatic carbocycles. The van der Waals surface area contributed by atoms with Crippen LogP contribution in [0.3, 0.4) is 0 Å². The summed E-state index contributed by atoms with van der Waals surface area (Å²) in [5.74, 6) is 2.35. The topological polar surface area (TPSA) is 57.0 Å². The van der Waals surface area contributed by atoms with Gasteiger partial charge in [-0.3, -0.25) is 0 Å². The molecule has 0 saturated heterocycles. The average Bonchev–Trinajstić information content (AvgIpc) is 2.83. The van der Waals surface area contributed by atoms with Crippen LogP contribution in [0.25, 0.3) is 0 Å². The average molecular weight is 252 g/mol. The van der Waals surface area contributed by atoms with E-state index in [1.54, 1.807) is 0 Å². The minimum atomic E-state index is 0.292. The van der Waals surface area contributed by atoms with Crippen molar-refractivity contribution in [2.45, 2.75) is 6.42 Å². The lowest BCUT2D eigenvalue weighted by molar-refractivity contribution is 0.173. The van der Waals surface area contributed by atoms with E-state index in [0.29, 0.717) is 13.4 Å². The normalized spacial score (nSPS) is 13.1. The maximum atomic E-state index is 5.67. The Balaban J connectivity index is 1.73. The molecule has 0 spiro atoms. The van der Waals surface area contributed by atoms with Crippen molar-refractivity contribution in [3.8, 4) is 17.2 Å². The van der Waals surface area contributed by atoms with Crippen LogP contribution in [0.2, 0.25) is 0 Å². The number of hydrogen-bond donors (Lipinski definition) is 1. The van der Waals surface area contributed by atoms with Gasteiger partial charge in [0.15, 0.2) is 11.5 Å². The van der Waals surface area contributed by atoms with Crippen molar-refractivity contribution >= 4 is 0 Å². The maximum Gasteiger partial charge on any atom is 0.231 e. The van der Waals surface area contributed by atoms with Gasteiger partial charge in [-0.15, -0.1) is 0 Å². The molecule has 0 bridgehead atoms. The van der Waals surface area contributed by atoms with Gasteiger partial charge in [-0.05, 0) is 38.7 Å². The van der Waals surface area contributed by atoms with Gasteiger partial charge in [-0.25, -0.2) is 0 Å². The predicted molar refractivity (Wildman–Crippen MR) is 69.2 cm³/mol. The molecule has 5 nitrogen and oxygen atoms in total. The van der Waals surface area contributed by atoms with Gasteiger partial charge in [-0.1, -0.05) is 0 Å². The fourth-order valence-corrected chi connectivity index (χ4v) is 1.76. The summed E-state index contributed by atoms with van der Waals surface area (Å²) >= 11 is 0. The molecule has 5 heteroatoms. The van der Waals surface area contributed by atoms with Crippen molar-refractivity contribution in [2.75, 3.05) is 40.1 Å². The molecule has 0 aliphatic carbocycles. The molecule has 0 fully saturated rings. The molecule has 1 aliphatic rings. The Kier molecular flexibility index (Phi) is 4.66. The van der Waals surface area contributed by atoms with Crippen molar-refractivity contribution < 1.29 is 14.2 Å². The number of nitrogens with two attached hydrogens (primary N) is 1. The third-order valence-electron chi connectivity index (χ3n) is 2.83. The molecule has 0 amide bonds. The van der Waals surface area contributed by atoms with Crippen LogP contribution in [0.4, 0.5) is 0 Å². The van der Waals surface area contributed by atoms with Crippen LogP contribution in [-0.4, -0.2) is 45.0 Å². The monoisotopic (exact) mass is 252 g/mol. The minimum absolute atomic E-state index is 0.292. The van der Waals surface area contributed by atoms with E-state index in [1.165, 1.54) is 0 Å². The highest BCUT2D eigenvalue weighted by atomic mass is 16.7. The number of benzene rings is 1. The van der Waals surface area contributed by atoms with Crippen LogP contribution in [0.5, 0.6) is 17.2 Å². The van der Waals surface area contributed by atoms with Crippen molar-refractivity contribution in [1.82, 2.24) is 4.90 Å². The maximum absolute atomic E-state index is 5.67. The number of hydrogen-bond acceptors (Lipinski definition) is 5. The van der Waals surface area contributed by atoms with Crippen LogP contribution >= 0.6 is 0 Å². The molecule has 100 valence electrons. The highest BCUT2D eigenvalue weighted by molar-refractivity contribution is 5.46. The van der Waals surface area contributed by atoms with Gasteiger partial charge in [0, 0.05) is 12.6 Å². The number of fused-ring (bicyclic) bond motifs is 1. The van der Waals surface area contributed by atoms with Crippen molar-refractivity contribution in [2.24, 2.45) is 5.73 Å². The SMILES string of the molecule is CN(CCCN)CCOc1ccc2c(c1)OCO2. The zero-order valence-corrected chi connectivity index (χ0v) is 10.7. The van der Waals surface area contributed by atoms with E-state index < -0.39 is 0 Å². The molecule has 1 aliphatic heterocycles. The lowest BCUT2D eigenvalue weighted by Crippen LogP contribution is -2.26. The van der Waals surface area contributed by atoms with E-state index in [2.05, 4.69) is 11.9 Å². The van der Waals surface area contributed by atoms with E-state index >= 15 is 0 Å². The van der Waals surface area contributed by atoms with Gasteiger partial charge in [0.25, 0.3) is 0 Å². The highest BCUT2D eigenvalue weighted by Crippen LogP contribution is 2.34. The van der Waals surface area contributed by atoms with Gasteiger partial charge < -0.3 is 24.8 Å². The Labute approximate surface area is 107 Å². The van der Waals surface area contributed by atoms with E-state index in [4.69, 9.17) is 19.9 Å². The first kappa shape index (κ1) is 13.0. The quantitative estimate of drug-likeness (QED) is 0.787. The molecule has 1 aromatic rings. The number of ether oxygens (including phenoxy) is 3. The van der Waals surface area contributed by atoms with Gasteiger partial charge >= 0.3 is 0 Å². The Morgan fingerprint density at radius 2 is 2.11 bits per heavy atom. The summed E-state index contributed by atoms with van der Waals surface area (Å²) in [4.78, 5) is 2.21. The Morgan fingerprint density at radius 1 is 1.28 bits per heavy atom. The Hall–Kier alpha value is -1.46. The van der Waals surface area contributed by atoms with Crippen LogP contribution in [-0.2, 0) is 0 Å². The summed E-state index contributed by atoms with van der Waals surface area (Å²) in [7, 11) is 2.07. The van der Waals surface area contributed by atoms with E-state index in [-0.39, 0.29) is 0 Å². The standard InChI is InChI=1S/C13H20N2O3/c1-15(6-2-5-14)7-8-16-11-3-4-12-13(9-11)18-10-17-12/h3-4,9H,2,5-8,10,14H2,1H3. The molecule has 0 atom stereocenters. The minimum Gasteiger partial charge on any atom is -0.492 e. The molecule has 0 radical (unpaired) electrons. The van der Waals surface area contributed by atoms with E-state index in [1.807, 2.05) is 18.2 Å². The van der Waals surface area contributed by atoms with Crippen LogP contribution < -0.4 is 19.9 Å². The van der Waals surface area contributed by atoms with Crippen molar-refractivity contribution in [3.05, 3.63) is 18.2 Å². The molecule has 1 heterocycles. The first-order valence-electron chi connectivity index (χ1n) is 6.20. The fourth-order valence-electron chi connectivity index (χ4n) is 1.76. The van der Waals surface area contributed by atoms with Crippen LogP contribution in [0.15, 0.2) is 18.2 Å². The Bertz CT molecular complexity index is 384. The summed E-state index contributed by atoms with van der Waals surface area (Å²) in [5.41, 5.74) is 5.46. The zero-order chi connectivity index (χ0) is 12.8. The van der Waals surface area contributed by atoms with Crippen LogP contribution in [0.1, 0.15) is 6.42 Å². The van der Waals surface area contributed by atoms with Gasteiger partial charge in [0.05, 0.1) is 0 Å². The fraction of sp³-hybridized carbons (Fsp3) is 0.538. The first-order valence-corrected chi connectivity index (χ1v) is 6.20. The second-order valence-electron chi connectivity index (χ2n) is 4.31. The predicted octanol–water partition coefficient (Wildman–Crippen LogP) is 1.07. The lowest BCUT2D eigenvalue weighted by atomic mass is 10.3. The second kappa shape index (κ2) is 6.47. The molecule has 0 aromatic heterocycles. The largest absolute Gasteiger partial charge is 0.492 e. The smallest absolute Gasteiger partial charge is 0.231 e. The molecular formula is C13H20N2O3. The Morgan fingerprint density at radius 3 is 2.94 bits per heavy atom. The van der Waals surface area contributed by atoms with Crippen molar-refractivity contribution in [1.29, 1.82) is 0 Å². The van der Waals surface area contributed by atoms with Gasteiger partial charge in [0.1, 0.15) is 12.4 Å². The summed E-state index contributed by atoms with van der Waals surface area (Å²) in [5, 5.41) is 0. The lowest BCUT2D eigenvalue weighted by Gasteiger charge is -2.16. The number of likely N-dealkylation sites (N-methyl/N-ethyl adjacent to an activating group) is 1. The second-order valence-corrected chi connectivity index (χ2v) is 4.31. The highest BCUT2D eigenvalue weighted by Gasteiger charge is 2.13. The third kappa shape index (κ3) is 3.51. The first-order chi connectivity index (χ1) is 8.79. The summed E-state index contributed by atoms with van der Waals surface area (Å²) in [6.45, 7) is 3.56. The number of nitrogens with zero attached hydrogens (tertiary/aromatic N) is 1. The zero-order valence-electron chi connectivity index (χ0n) is 10.7. The molecule has 2 N–H and O–H groups in total. The van der Waals surface area contributed by atoms with Crippen LogP contribution in [0, 0.1) is 0 Å². The number of rotatable bonds is 7. The molecule has 2 rings (SSSR count). The molecular weight excluding hydrogens is 232 g/mol. The van der Waals surface area contributed by atoms with Gasteiger partial charge in [-0.2, -0.15) is 0 Å². The molecule has 0 saturated carbocycles. The van der Waals surface area contributed by atoms with E-state index in [0.717, 1.165) is 43.3 Å². The van der Waals surface area contributed by atoms with E-state index in [9.17, 15) is 0 Å². The summed E-state index contributed by atoms with van der Waals surface area (Å²) in [6.07, 6.45) is 1.01. The molecule has 0 unspecified atom stereocenters. The van der Waals surface area contributed by atoms with Gasteiger partial charge in [0.2, 0.25) is 6.79 Å².